The van der Waals surface area contributed by atoms with Crippen molar-refractivity contribution in [2.45, 2.75) is 39.0 Å². The van der Waals surface area contributed by atoms with Crippen LogP contribution in [0.1, 0.15) is 39.0 Å². The molecule has 0 N–H and O–H groups in total. The molecule has 0 aliphatic carbocycles. The van der Waals surface area contributed by atoms with Gasteiger partial charge in [0.15, 0.2) is 0 Å². The van der Waals surface area contributed by atoms with Crippen molar-refractivity contribution in [1.82, 2.24) is 0 Å². The summed E-state index contributed by atoms with van der Waals surface area (Å²) < 4.78 is 27.2. The predicted octanol–water partition coefficient (Wildman–Crippen LogP) is 2.98. The van der Waals surface area contributed by atoms with Gasteiger partial charge in [-0.2, -0.15) is 0 Å². The Labute approximate surface area is 105 Å². The van der Waals surface area contributed by atoms with E-state index in [4.69, 9.17) is 14.2 Å². The Bertz CT molecular complexity index is 120. The largest absolute Gasteiger partial charge is 0.379 e. The van der Waals surface area contributed by atoms with E-state index in [1.807, 2.05) is 0 Å². The molecule has 0 amide bonds. The van der Waals surface area contributed by atoms with Gasteiger partial charge in [0.1, 0.15) is 6.67 Å². The standard InChI is InChI=1S/C13H27FO3/c1-2-3-4-5-6-8-15-10-12-17-13-11-16-9-7-14/h2-13H2,1H3. The molecule has 0 radical (unpaired) electrons. The second-order valence-electron chi connectivity index (χ2n) is 3.94. The molecule has 0 heterocycles. The summed E-state index contributed by atoms with van der Waals surface area (Å²) in [5.74, 6) is 0. The van der Waals surface area contributed by atoms with Gasteiger partial charge >= 0.3 is 0 Å². The van der Waals surface area contributed by atoms with Crippen molar-refractivity contribution < 1.29 is 18.6 Å². The molecule has 0 fully saturated rings. The van der Waals surface area contributed by atoms with Crippen molar-refractivity contribution in [3.8, 4) is 0 Å². The number of rotatable bonds is 14. The third-order valence-electron chi connectivity index (χ3n) is 2.36. The van der Waals surface area contributed by atoms with E-state index in [0.29, 0.717) is 26.4 Å². The summed E-state index contributed by atoms with van der Waals surface area (Å²) in [5.41, 5.74) is 0. The first-order valence-corrected chi connectivity index (χ1v) is 6.71. The van der Waals surface area contributed by atoms with E-state index in [2.05, 4.69) is 6.92 Å². The van der Waals surface area contributed by atoms with E-state index in [9.17, 15) is 4.39 Å². The van der Waals surface area contributed by atoms with Crippen LogP contribution in [0.15, 0.2) is 0 Å². The fraction of sp³-hybridized carbons (Fsp3) is 1.00. The highest BCUT2D eigenvalue weighted by Gasteiger charge is 1.92. The monoisotopic (exact) mass is 250 g/mol. The topological polar surface area (TPSA) is 27.7 Å². The normalized spacial score (nSPS) is 10.9. The lowest BCUT2D eigenvalue weighted by molar-refractivity contribution is 0.0117. The average molecular weight is 250 g/mol. The Balaban J connectivity index is 2.85. The number of unbranched alkanes of at least 4 members (excludes halogenated alkanes) is 4. The molecule has 0 aliphatic rings. The first kappa shape index (κ1) is 16.8. The van der Waals surface area contributed by atoms with Gasteiger partial charge in [-0.15, -0.1) is 0 Å². The smallest absolute Gasteiger partial charge is 0.113 e. The van der Waals surface area contributed by atoms with Crippen molar-refractivity contribution >= 4 is 0 Å². The van der Waals surface area contributed by atoms with Crippen molar-refractivity contribution in [1.29, 1.82) is 0 Å². The molecule has 0 spiro atoms. The fourth-order valence-corrected chi connectivity index (χ4v) is 1.40. The molecular formula is C13H27FO3. The minimum atomic E-state index is -0.429. The van der Waals surface area contributed by atoms with Gasteiger partial charge in [-0.1, -0.05) is 32.6 Å². The molecule has 0 saturated heterocycles. The number of ether oxygens (including phenoxy) is 3. The van der Waals surface area contributed by atoms with E-state index in [1.54, 1.807) is 0 Å². The number of hydrogen-bond acceptors (Lipinski definition) is 3. The molecule has 17 heavy (non-hydrogen) atoms. The van der Waals surface area contributed by atoms with Gasteiger partial charge in [0, 0.05) is 6.61 Å². The van der Waals surface area contributed by atoms with E-state index in [0.717, 1.165) is 13.0 Å². The van der Waals surface area contributed by atoms with Crippen LogP contribution >= 0.6 is 0 Å². The van der Waals surface area contributed by atoms with E-state index < -0.39 is 6.67 Å². The Morgan fingerprint density at radius 2 is 1.18 bits per heavy atom. The summed E-state index contributed by atoms with van der Waals surface area (Å²) in [6.45, 7) is 4.97. The number of alkyl halides is 1. The molecule has 0 unspecified atom stereocenters. The lowest BCUT2D eigenvalue weighted by Gasteiger charge is -2.06. The maximum absolute atomic E-state index is 11.6. The Hall–Kier alpha value is -0.190. The van der Waals surface area contributed by atoms with Gasteiger partial charge in [0.05, 0.1) is 33.0 Å². The van der Waals surface area contributed by atoms with Crippen LogP contribution in [0.3, 0.4) is 0 Å². The zero-order valence-electron chi connectivity index (χ0n) is 11.1. The van der Waals surface area contributed by atoms with E-state index in [-0.39, 0.29) is 6.61 Å². The highest BCUT2D eigenvalue weighted by Crippen LogP contribution is 2.02. The predicted molar refractivity (Wildman–Crippen MR) is 67.2 cm³/mol. The molecule has 0 rings (SSSR count). The van der Waals surface area contributed by atoms with E-state index in [1.165, 1.54) is 25.7 Å². The molecule has 3 nitrogen and oxygen atoms in total. The lowest BCUT2D eigenvalue weighted by atomic mass is 10.2. The van der Waals surface area contributed by atoms with Crippen LogP contribution in [-0.4, -0.2) is 46.3 Å². The van der Waals surface area contributed by atoms with E-state index >= 15 is 0 Å². The SMILES string of the molecule is CCCCCCCOCCOCCOCCF. The average Bonchev–Trinajstić information content (AvgIpc) is 2.35. The van der Waals surface area contributed by atoms with Gasteiger partial charge < -0.3 is 14.2 Å². The minimum Gasteiger partial charge on any atom is -0.379 e. The highest BCUT2D eigenvalue weighted by atomic mass is 19.1. The van der Waals surface area contributed by atoms with Crippen LogP contribution in [0.4, 0.5) is 4.39 Å². The van der Waals surface area contributed by atoms with Crippen molar-refractivity contribution in [3.63, 3.8) is 0 Å². The molecule has 4 heteroatoms. The summed E-state index contributed by atoms with van der Waals surface area (Å²) in [4.78, 5) is 0. The van der Waals surface area contributed by atoms with Gasteiger partial charge in [0.2, 0.25) is 0 Å². The van der Waals surface area contributed by atoms with Gasteiger partial charge in [0.25, 0.3) is 0 Å². The van der Waals surface area contributed by atoms with Gasteiger partial charge in [-0.25, -0.2) is 4.39 Å². The first-order chi connectivity index (χ1) is 8.41. The van der Waals surface area contributed by atoms with Crippen LogP contribution < -0.4 is 0 Å². The summed E-state index contributed by atoms with van der Waals surface area (Å²) >= 11 is 0. The number of hydrogen-bond donors (Lipinski definition) is 0. The molecule has 0 aliphatic heterocycles. The molecule has 0 bridgehead atoms. The van der Waals surface area contributed by atoms with Crippen molar-refractivity contribution in [2.24, 2.45) is 0 Å². The van der Waals surface area contributed by atoms with Crippen LogP contribution in [0, 0.1) is 0 Å². The Morgan fingerprint density at radius 3 is 1.76 bits per heavy atom. The summed E-state index contributed by atoms with van der Waals surface area (Å²) in [6, 6.07) is 0. The molecule has 104 valence electrons. The van der Waals surface area contributed by atoms with Crippen LogP contribution in [-0.2, 0) is 14.2 Å². The zero-order valence-corrected chi connectivity index (χ0v) is 11.1. The minimum absolute atomic E-state index is 0.164. The molecule has 0 aromatic heterocycles. The molecule has 0 aromatic carbocycles. The Kier molecular flexibility index (Phi) is 15.6. The third kappa shape index (κ3) is 15.8. The second-order valence-corrected chi connectivity index (χ2v) is 3.94. The first-order valence-electron chi connectivity index (χ1n) is 6.71. The summed E-state index contributed by atoms with van der Waals surface area (Å²) in [7, 11) is 0. The quantitative estimate of drug-likeness (QED) is 0.444. The maximum atomic E-state index is 11.6. The van der Waals surface area contributed by atoms with Crippen LogP contribution in [0.25, 0.3) is 0 Å². The molecule has 0 atom stereocenters. The highest BCUT2D eigenvalue weighted by molar-refractivity contribution is 4.41. The zero-order chi connectivity index (χ0) is 12.6. The molecule has 0 aromatic rings. The van der Waals surface area contributed by atoms with Gasteiger partial charge in [-0.05, 0) is 6.42 Å². The molecule has 0 saturated carbocycles. The lowest BCUT2D eigenvalue weighted by Crippen LogP contribution is -2.10. The van der Waals surface area contributed by atoms with Crippen LogP contribution in [0.2, 0.25) is 0 Å². The maximum Gasteiger partial charge on any atom is 0.113 e. The Morgan fingerprint density at radius 1 is 0.647 bits per heavy atom. The van der Waals surface area contributed by atoms with Gasteiger partial charge in [-0.3, -0.25) is 0 Å². The van der Waals surface area contributed by atoms with Crippen LogP contribution in [0.5, 0.6) is 0 Å². The summed E-state index contributed by atoms with van der Waals surface area (Å²) in [5, 5.41) is 0. The third-order valence-corrected chi connectivity index (χ3v) is 2.36. The van der Waals surface area contributed by atoms with Crippen molar-refractivity contribution in [2.75, 3.05) is 46.3 Å². The van der Waals surface area contributed by atoms with Crippen molar-refractivity contribution in [3.05, 3.63) is 0 Å². The summed E-state index contributed by atoms with van der Waals surface area (Å²) in [6.07, 6.45) is 6.30. The molecular weight excluding hydrogens is 223 g/mol. The second kappa shape index (κ2) is 15.8. The fourth-order valence-electron chi connectivity index (χ4n) is 1.40. The number of halogens is 1.